The van der Waals surface area contributed by atoms with Crippen LogP contribution in [-0.4, -0.2) is 76.1 Å². The van der Waals surface area contributed by atoms with Gasteiger partial charge in [0, 0.05) is 18.2 Å². The average Bonchev–Trinajstić information content (AvgIpc) is 3.53. The van der Waals surface area contributed by atoms with Crippen molar-refractivity contribution in [2.75, 3.05) is 6.61 Å². The Balaban J connectivity index is 1.60. The van der Waals surface area contributed by atoms with Gasteiger partial charge in [0.2, 0.25) is 0 Å². The zero-order valence-corrected chi connectivity index (χ0v) is 33.0. The van der Waals surface area contributed by atoms with E-state index in [1.165, 1.54) is 4.57 Å². The van der Waals surface area contributed by atoms with Crippen LogP contribution in [0.15, 0.2) is 28.1 Å². The largest absolute Gasteiger partial charge is 0.414 e. The first-order valence-corrected chi connectivity index (χ1v) is 22.5. The number of aromatic nitrogens is 5. The highest BCUT2D eigenvalue weighted by Gasteiger charge is 2.47. The Hall–Kier alpha value is -2.21. The molecule has 0 bridgehead atoms. The minimum Gasteiger partial charge on any atom is -0.414 e. The molecule has 0 aromatic carbocycles. The third kappa shape index (κ3) is 8.00. The zero-order valence-electron chi connectivity index (χ0n) is 31.0. The van der Waals surface area contributed by atoms with E-state index in [0.717, 1.165) is 10.6 Å². The van der Waals surface area contributed by atoms with Gasteiger partial charge in [-0.1, -0.05) is 52.8 Å². The van der Waals surface area contributed by atoms with Gasteiger partial charge in [0.25, 0.3) is 5.56 Å². The van der Waals surface area contributed by atoms with Crippen molar-refractivity contribution in [1.82, 2.24) is 29.6 Å². The first kappa shape index (κ1) is 37.6. The van der Waals surface area contributed by atoms with Crippen LogP contribution in [0.25, 0.3) is 5.57 Å². The van der Waals surface area contributed by atoms with Crippen molar-refractivity contribution in [3.8, 4) is 0 Å². The second-order valence-electron chi connectivity index (χ2n) is 17.6. The maximum Gasteiger partial charge on any atom is 0.330 e. The molecule has 4 rings (SSSR count). The van der Waals surface area contributed by atoms with Crippen LogP contribution in [0.1, 0.15) is 99.6 Å². The SMILES string of the molecule is CC1(C)C=C(c2cn(Cc3cn([C@H]4C[C@H](O[Si](C)(C)C(C)(C)C)[C@@H](CO[Si](C)(C)C(C)(C)C)O4)c(=O)[nH]c3=O)nn2)CC(C)(C)N1[O]. The molecular weight excluding hydrogens is 633 g/mol. The highest BCUT2D eigenvalue weighted by molar-refractivity contribution is 6.74. The lowest BCUT2D eigenvalue weighted by molar-refractivity contribution is -0.260. The summed E-state index contributed by atoms with van der Waals surface area (Å²) in [4.78, 5) is 28.7. The van der Waals surface area contributed by atoms with E-state index in [4.69, 9.17) is 13.6 Å². The molecule has 0 aliphatic carbocycles. The number of nitrogens with one attached hydrogen (secondary N) is 1. The highest BCUT2D eigenvalue weighted by atomic mass is 28.4. The zero-order chi connectivity index (χ0) is 35.5. The Labute approximate surface area is 281 Å². The monoisotopic (exact) mass is 689 g/mol. The summed E-state index contributed by atoms with van der Waals surface area (Å²) in [6, 6.07) is 0. The molecule has 2 aliphatic heterocycles. The summed E-state index contributed by atoms with van der Waals surface area (Å²) in [6.45, 7) is 30.1. The van der Waals surface area contributed by atoms with Crippen LogP contribution in [-0.2, 0) is 25.3 Å². The number of hydrogen-bond acceptors (Lipinski definition) is 8. The highest BCUT2D eigenvalue weighted by Crippen LogP contribution is 2.43. The predicted molar refractivity (Wildman–Crippen MR) is 187 cm³/mol. The molecule has 263 valence electrons. The van der Waals surface area contributed by atoms with Gasteiger partial charge in [-0.05, 0) is 76.0 Å². The number of H-pyrrole nitrogens is 1. The number of ether oxygens (including phenoxy) is 1. The summed E-state index contributed by atoms with van der Waals surface area (Å²) >= 11 is 0. The Morgan fingerprint density at radius 1 is 1.00 bits per heavy atom. The molecule has 0 amide bonds. The smallest absolute Gasteiger partial charge is 0.330 e. The number of hydrogen-bond donors (Lipinski definition) is 1. The second kappa shape index (κ2) is 12.6. The van der Waals surface area contributed by atoms with E-state index in [2.05, 4.69) is 83.0 Å². The van der Waals surface area contributed by atoms with E-state index in [1.807, 2.05) is 33.8 Å². The molecule has 12 nitrogen and oxygen atoms in total. The fourth-order valence-corrected chi connectivity index (χ4v) is 8.15. The first-order chi connectivity index (χ1) is 21.2. The molecule has 2 aromatic heterocycles. The Bertz CT molecular complexity index is 1590. The summed E-state index contributed by atoms with van der Waals surface area (Å²) < 4.78 is 23.0. The van der Waals surface area contributed by atoms with Gasteiger partial charge in [0.1, 0.15) is 18.0 Å². The Kier molecular flexibility index (Phi) is 10.1. The molecule has 0 spiro atoms. The first-order valence-electron chi connectivity index (χ1n) is 16.7. The van der Waals surface area contributed by atoms with Gasteiger partial charge in [-0.25, -0.2) is 9.48 Å². The van der Waals surface area contributed by atoms with Crippen molar-refractivity contribution in [2.24, 2.45) is 0 Å². The molecule has 4 heterocycles. The molecule has 14 heteroatoms. The molecule has 2 aliphatic rings. The summed E-state index contributed by atoms with van der Waals surface area (Å²) in [5.74, 6) is 0. The van der Waals surface area contributed by atoms with Crippen molar-refractivity contribution in [3.63, 3.8) is 0 Å². The van der Waals surface area contributed by atoms with Crippen LogP contribution in [0.3, 0.4) is 0 Å². The van der Waals surface area contributed by atoms with Crippen LogP contribution in [0.5, 0.6) is 0 Å². The van der Waals surface area contributed by atoms with Gasteiger partial charge in [-0.3, -0.25) is 14.3 Å². The van der Waals surface area contributed by atoms with E-state index in [0.29, 0.717) is 30.7 Å². The van der Waals surface area contributed by atoms with Crippen LogP contribution >= 0.6 is 0 Å². The van der Waals surface area contributed by atoms with Crippen LogP contribution in [0.2, 0.25) is 36.3 Å². The molecular formula is C33H57N6O6Si2. The molecule has 47 heavy (non-hydrogen) atoms. The second-order valence-corrected chi connectivity index (χ2v) is 27.1. The fourth-order valence-electron chi connectivity index (χ4n) is 5.78. The minimum atomic E-state index is -2.18. The molecule has 2 aromatic rings. The van der Waals surface area contributed by atoms with Crippen molar-refractivity contribution in [2.45, 2.75) is 154 Å². The van der Waals surface area contributed by atoms with Crippen molar-refractivity contribution in [1.29, 1.82) is 0 Å². The molecule has 0 saturated carbocycles. The maximum absolute atomic E-state index is 13.2. The minimum absolute atomic E-state index is 0.0118. The quantitative estimate of drug-likeness (QED) is 0.323. The van der Waals surface area contributed by atoms with Gasteiger partial charge in [-0.15, -0.1) is 15.4 Å². The third-order valence-electron chi connectivity index (χ3n) is 10.6. The maximum atomic E-state index is 13.2. The van der Waals surface area contributed by atoms with Gasteiger partial charge in [0.05, 0.1) is 36.6 Å². The topological polar surface area (TPSA) is 136 Å². The summed E-state index contributed by atoms with van der Waals surface area (Å²) in [7, 11) is -4.26. The average molecular weight is 690 g/mol. The Morgan fingerprint density at radius 3 is 2.19 bits per heavy atom. The van der Waals surface area contributed by atoms with E-state index in [1.54, 1.807) is 17.1 Å². The number of aromatic amines is 1. The predicted octanol–water partition coefficient (Wildman–Crippen LogP) is 5.87. The van der Waals surface area contributed by atoms with Crippen molar-refractivity contribution in [3.05, 3.63) is 50.6 Å². The van der Waals surface area contributed by atoms with Crippen LogP contribution in [0.4, 0.5) is 0 Å². The lowest BCUT2D eigenvalue weighted by atomic mass is 9.82. The Morgan fingerprint density at radius 2 is 1.62 bits per heavy atom. The summed E-state index contributed by atoms with van der Waals surface area (Å²) in [5.41, 5.74) is -0.418. The van der Waals surface area contributed by atoms with E-state index in [9.17, 15) is 14.8 Å². The van der Waals surface area contributed by atoms with Gasteiger partial charge >= 0.3 is 5.69 Å². The standard InChI is InChI=1S/C33H57N6O6Si2/c1-30(2,3)46(11,12)43-21-26-25(45-47(13,14)31(4,5)6)15-27(44-26)38-19-23(28(40)34-29(38)41)18-37-20-24(35-36-37)22-16-32(7,8)39(42)33(9,10)17-22/h16,19-20,25-27H,15,17-18,21H2,1-14H3,(H,34,40,41)/t25-,26+,27+/m0/s1. The summed E-state index contributed by atoms with van der Waals surface area (Å²) in [5, 5.41) is 22.6. The molecule has 3 atom stereocenters. The van der Waals surface area contributed by atoms with E-state index in [-0.39, 0.29) is 28.8 Å². The lowest BCUT2D eigenvalue weighted by Crippen LogP contribution is -2.54. The summed E-state index contributed by atoms with van der Waals surface area (Å²) in [6.07, 6.45) is 4.95. The molecule has 1 radical (unpaired) electrons. The number of hydroxylamine groups is 2. The molecule has 1 N–H and O–H groups in total. The van der Waals surface area contributed by atoms with E-state index >= 15 is 0 Å². The fraction of sp³-hybridized carbons (Fsp3) is 0.758. The van der Waals surface area contributed by atoms with Crippen molar-refractivity contribution >= 4 is 22.2 Å². The van der Waals surface area contributed by atoms with Gasteiger partial charge in [0.15, 0.2) is 16.6 Å². The van der Waals surface area contributed by atoms with Gasteiger partial charge < -0.3 is 13.6 Å². The van der Waals surface area contributed by atoms with Crippen LogP contribution in [0, 0.1) is 0 Å². The third-order valence-corrected chi connectivity index (χ3v) is 19.6. The number of rotatable bonds is 9. The van der Waals surface area contributed by atoms with Crippen molar-refractivity contribution < 1.29 is 18.8 Å². The van der Waals surface area contributed by atoms with Crippen LogP contribution < -0.4 is 11.2 Å². The van der Waals surface area contributed by atoms with E-state index < -0.39 is 45.2 Å². The molecule has 0 unspecified atom stereocenters. The molecule has 1 saturated heterocycles. The van der Waals surface area contributed by atoms with Gasteiger partial charge in [-0.2, -0.15) is 0 Å². The lowest BCUT2D eigenvalue weighted by Gasteiger charge is -2.45. The molecule has 1 fully saturated rings. The number of nitrogens with zero attached hydrogens (tertiary/aromatic N) is 5. The normalized spacial score (nSPS) is 24.1.